The highest BCUT2D eigenvalue weighted by molar-refractivity contribution is 7.89. The third-order valence-corrected chi connectivity index (χ3v) is 6.66. The van der Waals surface area contributed by atoms with E-state index in [2.05, 4.69) is 33.4 Å². The van der Waals surface area contributed by atoms with Gasteiger partial charge in [-0.2, -0.15) is 0 Å². The molecule has 0 radical (unpaired) electrons. The molecule has 0 fully saturated rings. The van der Waals surface area contributed by atoms with Crippen molar-refractivity contribution in [2.75, 3.05) is 5.32 Å². The molecule has 0 saturated carbocycles. The summed E-state index contributed by atoms with van der Waals surface area (Å²) in [5, 5.41) is 2.88. The number of benzene rings is 2. The van der Waals surface area contributed by atoms with Crippen LogP contribution in [0.4, 0.5) is 5.69 Å². The third kappa shape index (κ3) is 5.62. The van der Waals surface area contributed by atoms with Crippen LogP contribution in [0, 0.1) is 0 Å². The topological polar surface area (TPSA) is 106 Å². The van der Waals surface area contributed by atoms with Crippen LogP contribution in [-0.4, -0.2) is 23.9 Å². The molecule has 0 saturated heterocycles. The number of aromatic nitrogens is 2. The molecule has 9 heteroatoms. The highest BCUT2D eigenvalue weighted by Crippen LogP contribution is 2.18. The number of sulfonamides is 1. The maximum atomic E-state index is 12.7. The van der Waals surface area contributed by atoms with Crippen molar-refractivity contribution in [1.29, 1.82) is 0 Å². The number of furan rings is 1. The molecule has 176 valence electrons. The molecule has 8 nitrogen and oxygen atoms in total. The van der Waals surface area contributed by atoms with Crippen LogP contribution < -0.4 is 10.0 Å². The Labute approximate surface area is 198 Å². The van der Waals surface area contributed by atoms with Gasteiger partial charge < -0.3 is 14.3 Å². The van der Waals surface area contributed by atoms with Gasteiger partial charge in [0.05, 0.1) is 17.7 Å². The highest BCUT2D eigenvalue weighted by Gasteiger charge is 2.16. The summed E-state index contributed by atoms with van der Waals surface area (Å²) in [4.78, 5) is 17.2. The molecule has 2 N–H and O–H groups in total. The van der Waals surface area contributed by atoms with E-state index in [1.54, 1.807) is 18.3 Å². The number of amides is 1. The van der Waals surface area contributed by atoms with Crippen LogP contribution in [-0.2, 0) is 23.1 Å². The average Bonchev–Trinajstić information content (AvgIpc) is 3.50. The molecule has 0 unspecified atom stereocenters. The molecular weight excluding hydrogens is 452 g/mol. The van der Waals surface area contributed by atoms with Crippen molar-refractivity contribution < 1.29 is 17.6 Å². The Bertz CT molecular complexity index is 1360. The van der Waals surface area contributed by atoms with Crippen molar-refractivity contribution in [3.8, 4) is 0 Å². The van der Waals surface area contributed by atoms with E-state index in [1.165, 1.54) is 30.5 Å². The summed E-state index contributed by atoms with van der Waals surface area (Å²) in [6, 6.07) is 16.8. The number of nitrogens with zero attached hydrogens (tertiary/aromatic N) is 2. The second kappa shape index (κ2) is 10.1. The molecule has 0 aliphatic rings. The number of carbonyl (C=O) groups is 1. The molecule has 34 heavy (non-hydrogen) atoms. The van der Waals surface area contributed by atoms with Crippen LogP contribution in [0.5, 0.6) is 0 Å². The standard InChI is InChI=1S/C25H26N4O4S/c1-18(2)24-26-12-13-29(24)17-19-5-3-6-21(15-19)28-25(30)20-8-10-23(11-9-20)34(31,32)27-16-22-7-4-14-33-22/h3-15,18,27H,16-17H2,1-2H3,(H,28,30). The summed E-state index contributed by atoms with van der Waals surface area (Å²) in [6.45, 7) is 4.89. The van der Waals surface area contributed by atoms with Crippen LogP contribution in [0.15, 0.2) is 88.6 Å². The maximum Gasteiger partial charge on any atom is 0.255 e. The lowest BCUT2D eigenvalue weighted by Gasteiger charge is -2.12. The first-order valence-corrected chi connectivity index (χ1v) is 12.3. The summed E-state index contributed by atoms with van der Waals surface area (Å²) in [6.07, 6.45) is 5.21. The zero-order valence-corrected chi connectivity index (χ0v) is 19.7. The van der Waals surface area contributed by atoms with Crippen molar-refractivity contribution in [1.82, 2.24) is 14.3 Å². The van der Waals surface area contributed by atoms with Crippen LogP contribution in [0.25, 0.3) is 0 Å². The lowest BCUT2D eigenvalue weighted by molar-refractivity contribution is 0.102. The first-order valence-electron chi connectivity index (χ1n) is 10.9. The Hall–Kier alpha value is -3.69. The number of rotatable bonds is 9. The first-order chi connectivity index (χ1) is 16.3. The number of hydrogen-bond donors (Lipinski definition) is 2. The zero-order valence-electron chi connectivity index (χ0n) is 18.9. The van der Waals surface area contributed by atoms with Gasteiger partial charge in [0.2, 0.25) is 10.0 Å². The van der Waals surface area contributed by atoms with Gasteiger partial charge in [-0.1, -0.05) is 26.0 Å². The van der Waals surface area contributed by atoms with Gasteiger partial charge in [-0.15, -0.1) is 0 Å². The Morgan fingerprint density at radius 2 is 1.88 bits per heavy atom. The molecule has 0 aliphatic heterocycles. The molecule has 0 spiro atoms. The van der Waals surface area contributed by atoms with Crippen molar-refractivity contribution in [2.24, 2.45) is 0 Å². The Balaban J connectivity index is 1.41. The first kappa shape index (κ1) is 23.5. The molecule has 2 heterocycles. The highest BCUT2D eigenvalue weighted by atomic mass is 32.2. The molecule has 2 aromatic heterocycles. The fourth-order valence-corrected chi connectivity index (χ4v) is 4.54. The molecule has 1 amide bonds. The molecule has 0 bridgehead atoms. The smallest absolute Gasteiger partial charge is 0.255 e. The van der Waals surface area contributed by atoms with Crippen LogP contribution in [0.2, 0.25) is 0 Å². The summed E-state index contributed by atoms with van der Waals surface area (Å²) >= 11 is 0. The van der Waals surface area contributed by atoms with E-state index in [0.717, 1.165) is 11.4 Å². The number of hydrogen-bond acceptors (Lipinski definition) is 5. The van der Waals surface area contributed by atoms with E-state index < -0.39 is 10.0 Å². The van der Waals surface area contributed by atoms with Crippen LogP contribution in [0.3, 0.4) is 0 Å². The van der Waals surface area contributed by atoms with Crippen molar-refractivity contribution in [3.05, 3.63) is 102 Å². The quantitative estimate of drug-likeness (QED) is 0.371. The number of nitrogens with one attached hydrogen (secondary N) is 2. The minimum Gasteiger partial charge on any atom is -0.468 e. The van der Waals surface area contributed by atoms with E-state index >= 15 is 0 Å². The molecular formula is C25H26N4O4S. The molecule has 4 rings (SSSR count). The molecule has 2 aromatic carbocycles. The maximum absolute atomic E-state index is 12.7. The third-order valence-electron chi connectivity index (χ3n) is 5.25. The van der Waals surface area contributed by atoms with Gasteiger partial charge in [0.1, 0.15) is 11.6 Å². The van der Waals surface area contributed by atoms with Crippen LogP contribution in [0.1, 0.15) is 47.3 Å². The molecule has 4 aromatic rings. The minimum atomic E-state index is -3.73. The van der Waals surface area contributed by atoms with Crippen molar-refractivity contribution in [2.45, 2.75) is 37.8 Å². The molecule has 0 atom stereocenters. The number of carbonyl (C=O) groups excluding carboxylic acids is 1. The summed E-state index contributed by atoms with van der Waals surface area (Å²) in [5.41, 5.74) is 2.04. The van der Waals surface area contributed by atoms with Gasteiger partial charge in [-0.3, -0.25) is 4.79 Å². The summed E-state index contributed by atoms with van der Waals surface area (Å²) < 4.78 is 34.6. The predicted molar refractivity (Wildman–Crippen MR) is 129 cm³/mol. The van der Waals surface area contributed by atoms with Gasteiger partial charge in [-0.05, 0) is 54.1 Å². The average molecular weight is 479 g/mol. The second-order valence-corrected chi connectivity index (χ2v) is 9.92. The second-order valence-electron chi connectivity index (χ2n) is 8.15. The zero-order chi connectivity index (χ0) is 24.1. The summed E-state index contributed by atoms with van der Waals surface area (Å²) in [5.74, 6) is 1.50. The number of imidazole rings is 1. The minimum absolute atomic E-state index is 0.0473. The van der Waals surface area contributed by atoms with Crippen molar-refractivity contribution >= 4 is 21.6 Å². The lowest BCUT2D eigenvalue weighted by atomic mass is 10.1. The summed E-state index contributed by atoms with van der Waals surface area (Å²) in [7, 11) is -3.73. The van der Waals surface area contributed by atoms with Gasteiger partial charge in [0, 0.05) is 36.1 Å². The van der Waals surface area contributed by atoms with Crippen LogP contribution >= 0.6 is 0 Å². The Morgan fingerprint density at radius 3 is 2.59 bits per heavy atom. The fourth-order valence-electron chi connectivity index (χ4n) is 3.55. The van der Waals surface area contributed by atoms with E-state index in [-0.39, 0.29) is 17.3 Å². The monoisotopic (exact) mass is 478 g/mol. The van der Waals surface area contributed by atoms with E-state index in [1.807, 2.05) is 30.5 Å². The largest absolute Gasteiger partial charge is 0.468 e. The van der Waals surface area contributed by atoms with E-state index in [4.69, 9.17) is 4.42 Å². The van der Waals surface area contributed by atoms with Gasteiger partial charge in [-0.25, -0.2) is 18.1 Å². The van der Waals surface area contributed by atoms with E-state index in [0.29, 0.717) is 29.5 Å². The lowest BCUT2D eigenvalue weighted by Crippen LogP contribution is -2.23. The Morgan fingerprint density at radius 1 is 1.09 bits per heavy atom. The fraction of sp³-hybridized carbons (Fsp3) is 0.200. The van der Waals surface area contributed by atoms with E-state index in [9.17, 15) is 13.2 Å². The predicted octanol–water partition coefficient (Wildman–Crippen LogP) is 4.38. The van der Waals surface area contributed by atoms with Crippen molar-refractivity contribution in [3.63, 3.8) is 0 Å². The van der Waals surface area contributed by atoms with Gasteiger partial charge in [0.15, 0.2) is 0 Å². The Kier molecular flexibility index (Phi) is 6.95. The van der Waals surface area contributed by atoms with Gasteiger partial charge in [0.25, 0.3) is 5.91 Å². The molecule has 0 aliphatic carbocycles. The number of anilines is 1. The SMILES string of the molecule is CC(C)c1nccn1Cc1cccc(NC(=O)c2ccc(S(=O)(=O)NCc3ccco3)cc2)c1. The van der Waals surface area contributed by atoms with Gasteiger partial charge >= 0.3 is 0 Å². The normalized spacial score (nSPS) is 11.6.